The van der Waals surface area contributed by atoms with Gasteiger partial charge in [-0.1, -0.05) is 13.0 Å². The first-order chi connectivity index (χ1) is 12.1. The topological polar surface area (TPSA) is 65.2 Å². The fourth-order valence-corrected chi connectivity index (χ4v) is 4.33. The second-order valence-corrected chi connectivity index (χ2v) is 8.64. The fourth-order valence-electron chi connectivity index (χ4n) is 2.88. The number of pyridine rings is 1. The van der Waals surface area contributed by atoms with E-state index < -0.39 is 7.37 Å². The Morgan fingerprint density at radius 1 is 1.12 bits per heavy atom. The summed E-state index contributed by atoms with van der Waals surface area (Å²) in [6.07, 6.45) is 4.02. The molecule has 0 aliphatic heterocycles. The van der Waals surface area contributed by atoms with Crippen molar-refractivity contribution in [3.8, 4) is 11.5 Å². The van der Waals surface area contributed by atoms with E-state index in [-0.39, 0.29) is 0 Å². The lowest BCUT2D eigenvalue weighted by atomic mass is 10.1. The summed E-state index contributed by atoms with van der Waals surface area (Å²) in [5.74, 6) is 0.537. The average molecular weight is 352 g/mol. The zero-order valence-corrected chi connectivity index (χ0v) is 14.9. The number of hydrogen-bond donors (Lipinski definition) is 0. The molecule has 0 saturated heterocycles. The highest BCUT2D eigenvalue weighted by Gasteiger charge is 2.23. The SMILES string of the molecule is CCP(=O)(OC)c1ccc2nc(-c3ccc4cnccc4c3)oc2c1. The summed E-state index contributed by atoms with van der Waals surface area (Å²) in [6.45, 7) is 1.85. The lowest BCUT2D eigenvalue weighted by molar-refractivity contribution is 0.404. The highest BCUT2D eigenvalue weighted by Crippen LogP contribution is 2.44. The minimum absolute atomic E-state index is 0.439. The predicted molar refractivity (Wildman–Crippen MR) is 99.5 cm³/mol. The molecule has 2 heterocycles. The lowest BCUT2D eigenvalue weighted by Gasteiger charge is -2.13. The van der Waals surface area contributed by atoms with Crippen molar-refractivity contribution in [3.05, 3.63) is 54.9 Å². The first-order valence-electron chi connectivity index (χ1n) is 8.03. The van der Waals surface area contributed by atoms with Gasteiger partial charge in [0.1, 0.15) is 5.52 Å². The molecule has 0 radical (unpaired) electrons. The van der Waals surface area contributed by atoms with Crippen LogP contribution >= 0.6 is 7.37 Å². The van der Waals surface area contributed by atoms with Crippen LogP contribution in [0.3, 0.4) is 0 Å². The van der Waals surface area contributed by atoms with Crippen molar-refractivity contribution in [2.75, 3.05) is 13.3 Å². The second kappa shape index (κ2) is 6.10. The maximum atomic E-state index is 12.7. The molecule has 25 heavy (non-hydrogen) atoms. The Bertz CT molecular complexity index is 1110. The molecule has 4 aromatic rings. The molecule has 4 rings (SSSR count). The molecule has 1 unspecified atom stereocenters. The van der Waals surface area contributed by atoms with E-state index in [9.17, 15) is 4.57 Å². The van der Waals surface area contributed by atoms with Crippen LogP contribution in [0.4, 0.5) is 0 Å². The van der Waals surface area contributed by atoms with Crippen molar-refractivity contribution in [1.29, 1.82) is 0 Å². The van der Waals surface area contributed by atoms with Gasteiger partial charge < -0.3 is 8.94 Å². The smallest absolute Gasteiger partial charge is 0.231 e. The summed E-state index contributed by atoms with van der Waals surface area (Å²) in [6, 6.07) is 13.3. The number of benzene rings is 2. The van der Waals surface area contributed by atoms with Gasteiger partial charge in [-0.3, -0.25) is 9.55 Å². The monoisotopic (exact) mass is 352 g/mol. The van der Waals surface area contributed by atoms with Crippen LogP contribution in [-0.2, 0) is 9.09 Å². The number of hydrogen-bond acceptors (Lipinski definition) is 5. The Balaban J connectivity index is 1.81. The molecular formula is C19H17N2O3P. The molecule has 0 N–H and O–H groups in total. The van der Waals surface area contributed by atoms with E-state index in [1.54, 1.807) is 18.3 Å². The number of fused-ring (bicyclic) bond motifs is 2. The zero-order chi connectivity index (χ0) is 17.4. The largest absolute Gasteiger partial charge is 0.436 e. The van der Waals surface area contributed by atoms with E-state index in [1.165, 1.54) is 7.11 Å². The maximum absolute atomic E-state index is 12.7. The second-order valence-electron chi connectivity index (χ2n) is 5.78. The van der Waals surface area contributed by atoms with Gasteiger partial charge in [0.15, 0.2) is 5.58 Å². The third-order valence-corrected chi connectivity index (χ3v) is 6.85. The Morgan fingerprint density at radius 2 is 2.00 bits per heavy atom. The van der Waals surface area contributed by atoms with Crippen LogP contribution in [0.25, 0.3) is 33.3 Å². The Hall–Kier alpha value is -2.49. The van der Waals surface area contributed by atoms with Gasteiger partial charge >= 0.3 is 0 Å². The minimum atomic E-state index is -2.83. The van der Waals surface area contributed by atoms with E-state index in [0.717, 1.165) is 21.9 Å². The maximum Gasteiger partial charge on any atom is 0.231 e. The Morgan fingerprint density at radius 3 is 2.80 bits per heavy atom. The lowest BCUT2D eigenvalue weighted by Crippen LogP contribution is -2.07. The molecular weight excluding hydrogens is 335 g/mol. The molecule has 0 spiro atoms. The number of rotatable bonds is 4. The van der Waals surface area contributed by atoms with E-state index in [1.807, 2.05) is 43.5 Å². The summed E-state index contributed by atoms with van der Waals surface area (Å²) in [7, 11) is -1.35. The molecule has 2 aromatic heterocycles. The molecule has 5 nitrogen and oxygen atoms in total. The van der Waals surface area contributed by atoms with Crippen molar-refractivity contribution in [1.82, 2.24) is 9.97 Å². The summed E-state index contributed by atoms with van der Waals surface area (Å²) in [5.41, 5.74) is 2.22. The average Bonchev–Trinajstić information content (AvgIpc) is 3.10. The van der Waals surface area contributed by atoms with Crippen LogP contribution < -0.4 is 5.30 Å². The van der Waals surface area contributed by atoms with Crippen molar-refractivity contribution in [2.45, 2.75) is 6.92 Å². The summed E-state index contributed by atoms with van der Waals surface area (Å²) in [5, 5.41) is 2.79. The molecule has 6 heteroatoms. The molecule has 0 amide bonds. The van der Waals surface area contributed by atoms with Gasteiger partial charge in [0.25, 0.3) is 0 Å². The van der Waals surface area contributed by atoms with Gasteiger partial charge in [-0.05, 0) is 41.8 Å². The van der Waals surface area contributed by atoms with E-state index in [2.05, 4.69) is 9.97 Å². The third-order valence-electron chi connectivity index (χ3n) is 4.36. The van der Waals surface area contributed by atoms with Gasteiger partial charge in [0.2, 0.25) is 13.3 Å². The fraction of sp³-hybridized carbons (Fsp3) is 0.158. The summed E-state index contributed by atoms with van der Waals surface area (Å²) in [4.78, 5) is 8.67. The van der Waals surface area contributed by atoms with E-state index in [4.69, 9.17) is 8.94 Å². The minimum Gasteiger partial charge on any atom is -0.436 e. The van der Waals surface area contributed by atoms with Crippen LogP contribution in [0.1, 0.15) is 6.92 Å². The highest BCUT2D eigenvalue weighted by molar-refractivity contribution is 7.66. The first kappa shape index (κ1) is 16.0. The van der Waals surface area contributed by atoms with Gasteiger partial charge in [0, 0.05) is 41.9 Å². The standard InChI is InChI=1S/C19H17N2O3P/c1-3-25(22,23-2)16-6-7-17-18(11-16)24-19(21-17)14-4-5-15-12-20-9-8-13(15)10-14/h4-12H,3H2,1-2H3. The van der Waals surface area contributed by atoms with Crippen molar-refractivity contribution < 1.29 is 13.5 Å². The zero-order valence-electron chi connectivity index (χ0n) is 14.0. The normalized spacial score (nSPS) is 14.0. The number of aromatic nitrogens is 2. The van der Waals surface area contributed by atoms with Crippen LogP contribution in [0, 0.1) is 0 Å². The van der Waals surface area contributed by atoms with Crippen LogP contribution in [0.2, 0.25) is 0 Å². The van der Waals surface area contributed by atoms with Crippen LogP contribution in [0.15, 0.2) is 59.3 Å². The van der Waals surface area contributed by atoms with Gasteiger partial charge in [0.05, 0.1) is 0 Å². The third kappa shape index (κ3) is 2.76. The Kier molecular flexibility index (Phi) is 3.91. The number of nitrogens with zero attached hydrogens (tertiary/aromatic N) is 2. The molecule has 0 bridgehead atoms. The predicted octanol–water partition coefficient (Wildman–Crippen LogP) is 4.61. The van der Waals surface area contributed by atoms with Gasteiger partial charge in [-0.25, -0.2) is 4.98 Å². The van der Waals surface area contributed by atoms with E-state index in [0.29, 0.717) is 22.9 Å². The molecule has 126 valence electrons. The van der Waals surface area contributed by atoms with Crippen LogP contribution in [0.5, 0.6) is 0 Å². The molecule has 0 saturated carbocycles. The molecule has 0 aliphatic rings. The van der Waals surface area contributed by atoms with Crippen molar-refractivity contribution >= 4 is 34.5 Å². The number of oxazole rings is 1. The molecule has 2 aromatic carbocycles. The Labute approximate surface area is 145 Å². The van der Waals surface area contributed by atoms with Crippen LogP contribution in [-0.4, -0.2) is 23.2 Å². The van der Waals surface area contributed by atoms with Gasteiger partial charge in [-0.2, -0.15) is 0 Å². The molecule has 0 fully saturated rings. The first-order valence-corrected chi connectivity index (χ1v) is 9.84. The highest BCUT2D eigenvalue weighted by atomic mass is 31.2. The van der Waals surface area contributed by atoms with Crippen molar-refractivity contribution in [2.24, 2.45) is 0 Å². The molecule has 0 aliphatic carbocycles. The van der Waals surface area contributed by atoms with Crippen molar-refractivity contribution in [3.63, 3.8) is 0 Å². The molecule has 1 atom stereocenters. The summed E-state index contributed by atoms with van der Waals surface area (Å²) < 4.78 is 23.9. The van der Waals surface area contributed by atoms with E-state index >= 15 is 0 Å². The van der Waals surface area contributed by atoms with Gasteiger partial charge in [-0.15, -0.1) is 0 Å². The summed E-state index contributed by atoms with van der Waals surface area (Å²) >= 11 is 0. The quantitative estimate of drug-likeness (QED) is 0.502.